The molecule has 4 aromatic carbocycles. The number of carbonyl (C=O) groups is 2. The molecule has 0 amide bonds. The van der Waals surface area contributed by atoms with Gasteiger partial charge in [0.25, 0.3) is 0 Å². The van der Waals surface area contributed by atoms with Crippen LogP contribution < -0.4 is 0 Å². The van der Waals surface area contributed by atoms with Gasteiger partial charge in [-0.3, -0.25) is 4.79 Å². The highest BCUT2D eigenvalue weighted by atomic mass is 35.6. The number of benzene rings is 4. The summed E-state index contributed by atoms with van der Waals surface area (Å²) in [5, 5.41) is 3.68. The molecule has 5 rings (SSSR count). The van der Waals surface area contributed by atoms with Crippen molar-refractivity contribution in [3.8, 4) is 11.4 Å². The average molecular weight is 767 g/mol. The molecule has 47 heavy (non-hydrogen) atoms. The first-order valence-corrected chi connectivity index (χ1v) is 16.5. The summed E-state index contributed by atoms with van der Waals surface area (Å²) >= 11 is 36.4. The molecule has 0 atom stereocenters. The molecule has 0 aliphatic heterocycles. The number of carbonyl (C=O) groups excluding carboxylic acids is 2. The van der Waals surface area contributed by atoms with E-state index in [1.807, 2.05) is 60.7 Å². The van der Waals surface area contributed by atoms with E-state index in [9.17, 15) is 9.59 Å². The molecule has 0 bridgehead atoms. The number of nitrogens with zero attached hydrogens (tertiary/aromatic N) is 4. The van der Waals surface area contributed by atoms with Crippen molar-refractivity contribution < 1.29 is 14.4 Å². The molecule has 0 unspecified atom stereocenters. The fourth-order valence-electron chi connectivity index (χ4n) is 3.63. The summed E-state index contributed by atoms with van der Waals surface area (Å²) in [4.78, 5) is 43.4. The third kappa shape index (κ3) is 11.2. The van der Waals surface area contributed by atoms with Crippen molar-refractivity contribution in [3.63, 3.8) is 0 Å². The zero-order valence-electron chi connectivity index (χ0n) is 24.2. The van der Waals surface area contributed by atoms with E-state index in [4.69, 9.17) is 74.4 Å². The Labute approximate surface area is 305 Å². The second kappa shape index (κ2) is 16.8. The Balaban J connectivity index is 0.000000223. The first-order chi connectivity index (χ1) is 22.3. The fourth-order valence-corrected chi connectivity index (χ4v) is 4.98. The Kier molecular flexibility index (Phi) is 13.1. The Morgan fingerprint density at radius 3 is 1.60 bits per heavy atom. The van der Waals surface area contributed by atoms with E-state index < -0.39 is 13.6 Å². The monoisotopic (exact) mass is 764 g/mol. The SMILES string of the molecule is C/C(=N/OC(=O)c1ccccc1)C(=O)c1ccc(Sc2ccccc2)cc1.ClC(Cl)(Cl)c1nc(-c2ccccc2)nc(C(Cl)(Cl)Cl)n1. The number of halogens is 6. The van der Waals surface area contributed by atoms with Crippen LogP contribution in [0.3, 0.4) is 0 Å². The van der Waals surface area contributed by atoms with Crippen molar-refractivity contribution in [1.29, 1.82) is 0 Å². The predicted molar refractivity (Wildman–Crippen MR) is 190 cm³/mol. The Hall–Kier alpha value is -3.21. The molecule has 0 radical (unpaired) electrons. The van der Waals surface area contributed by atoms with Crippen LogP contribution in [-0.4, -0.2) is 32.4 Å². The van der Waals surface area contributed by atoms with Gasteiger partial charge in [0.05, 0.1) is 5.56 Å². The maximum absolute atomic E-state index is 12.4. The van der Waals surface area contributed by atoms with E-state index in [0.717, 1.165) is 9.79 Å². The van der Waals surface area contributed by atoms with Crippen LogP contribution in [0.25, 0.3) is 11.4 Å². The highest BCUT2D eigenvalue weighted by Gasteiger charge is 2.34. The number of alkyl halides is 6. The van der Waals surface area contributed by atoms with Crippen LogP contribution in [0.5, 0.6) is 0 Å². The molecule has 0 spiro atoms. The van der Waals surface area contributed by atoms with Crippen LogP contribution in [0.4, 0.5) is 0 Å². The third-order valence-electron chi connectivity index (χ3n) is 5.87. The molecule has 0 aliphatic rings. The smallest absolute Gasteiger partial charge is 0.312 e. The fraction of sp³-hybridized carbons (Fsp3) is 0.0909. The summed E-state index contributed by atoms with van der Waals surface area (Å²) in [7, 11) is 0. The minimum atomic E-state index is -1.85. The van der Waals surface area contributed by atoms with Gasteiger partial charge < -0.3 is 4.84 Å². The van der Waals surface area contributed by atoms with Crippen LogP contribution in [0.15, 0.2) is 130 Å². The van der Waals surface area contributed by atoms with Crippen molar-refractivity contribution in [2.75, 3.05) is 0 Å². The minimum Gasteiger partial charge on any atom is -0.312 e. The van der Waals surface area contributed by atoms with E-state index in [-0.39, 0.29) is 29.0 Å². The summed E-state index contributed by atoms with van der Waals surface area (Å²) in [6, 6.07) is 34.8. The van der Waals surface area contributed by atoms with Gasteiger partial charge in [0.15, 0.2) is 17.5 Å². The van der Waals surface area contributed by atoms with Gasteiger partial charge in [-0.15, -0.1) is 0 Å². The number of aromatic nitrogens is 3. The Morgan fingerprint density at radius 2 is 1.09 bits per heavy atom. The lowest BCUT2D eigenvalue weighted by Gasteiger charge is -2.15. The van der Waals surface area contributed by atoms with Crippen LogP contribution >= 0.6 is 81.4 Å². The first kappa shape index (κ1) is 36.6. The van der Waals surface area contributed by atoms with Crippen LogP contribution in [-0.2, 0) is 12.4 Å². The third-order valence-corrected chi connectivity index (χ3v) is 7.90. The number of oxime groups is 1. The van der Waals surface area contributed by atoms with Gasteiger partial charge >= 0.3 is 5.97 Å². The summed E-state index contributed by atoms with van der Waals surface area (Å²) in [5.41, 5.74) is 1.66. The highest BCUT2D eigenvalue weighted by Crippen LogP contribution is 2.40. The van der Waals surface area contributed by atoms with E-state index in [1.54, 1.807) is 66.4 Å². The number of hydrogen-bond donors (Lipinski definition) is 0. The summed E-state index contributed by atoms with van der Waals surface area (Å²) in [5.74, 6) is -0.858. The second-order valence-corrected chi connectivity index (χ2v) is 15.1. The molecule has 0 saturated heterocycles. The zero-order valence-corrected chi connectivity index (χ0v) is 29.5. The molecule has 0 N–H and O–H groups in total. The van der Waals surface area contributed by atoms with E-state index >= 15 is 0 Å². The normalized spacial score (nSPS) is 11.7. The highest BCUT2D eigenvalue weighted by molar-refractivity contribution is 7.99. The number of rotatable bonds is 7. The molecular weight excluding hydrogens is 745 g/mol. The van der Waals surface area contributed by atoms with Gasteiger partial charge in [0.1, 0.15) is 5.71 Å². The van der Waals surface area contributed by atoms with Gasteiger partial charge in [0, 0.05) is 20.9 Å². The summed E-state index contributed by atoms with van der Waals surface area (Å²) in [6.45, 7) is 1.52. The molecule has 7 nitrogen and oxygen atoms in total. The molecule has 240 valence electrons. The van der Waals surface area contributed by atoms with Gasteiger partial charge in [-0.25, -0.2) is 19.7 Å². The Morgan fingerprint density at radius 1 is 0.617 bits per heavy atom. The van der Waals surface area contributed by atoms with Crippen molar-refractivity contribution in [3.05, 3.63) is 138 Å². The number of Topliss-reactive ketones (excluding diaryl/α,β-unsaturated/α-hetero) is 1. The lowest BCUT2D eigenvalue weighted by Crippen LogP contribution is -2.16. The maximum atomic E-state index is 12.4. The van der Waals surface area contributed by atoms with Gasteiger partial charge in [-0.2, -0.15) is 0 Å². The van der Waals surface area contributed by atoms with Crippen molar-refractivity contribution >= 4 is 98.8 Å². The van der Waals surface area contributed by atoms with Gasteiger partial charge in [-0.1, -0.05) is 153 Å². The molecule has 14 heteroatoms. The minimum absolute atomic E-state index is 0.113. The number of hydrogen-bond acceptors (Lipinski definition) is 8. The van der Waals surface area contributed by atoms with E-state index in [1.165, 1.54) is 6.92 Å². The first-order valence-electron chi connectivity index (χ1n) is 13.5. The predicted octanol–water partition coefficient (Wildman–Crippen LogP) is 10.4. The maximum Gasteiger partial charge on any atom is 0.365 e. The lowest BCUT2D eigenvalue weighted by atomic mass is 10.1. The summed E-state index contributed by atoms with van der Waals surface area (Å²) in [6.07, 6.45) is 0. The average Bonchev–Trinajstić information content (AvgIpc) is 3.07. The van der Waals surface area contributed by atoms with E-state index in [2.05, 4.69) is 20.1 Å². The van der Waals surface area contributed by atoms with Gasteiger partial charge in [-0.05, 0) is 55.5 Å². The van der Waals surface area contributed by atoms with Crippen LogP contribution in [0.2, 0.25) is 0 Å². The van der Waals surface area contributed by atoms with Crippen LogP contribution in [0, 0.1) is 0 Å². The molecule has 0 fully saturated rings. The quantitative estimate of drug-likeness (QED) is 0.0535. The molecule has 5 aromatic rings. The van der Waals surface area contributed by atoms with Gasteiger partial charge in [0.2, 0.25) is 13.4 Å². The van der Waals surface area contributed by atoms with Crippen molar-refractivity contribution in [2.45, 2.75) is 24.3 Å². The Bertz CT molecular complexity index is 1800. The van der Waals surface area contributed by atoms with Crippen molar-refractivity contribution in [2.24, 2.45) is 5.16 Å². The van der Waals surface area contributed by atoms with Crippen molar-refractivity contribution in [1.82, 2.24) is 15.0 Å². The molecular formula is C33H22Cl6N4O3S. The standard InChI is InChI=1S/C22H17NO3S.C11H5Cl6N3/c1-16(23-26-22(25)18-8-4-2-5-9-18)21(24)17-12-14-20(15-13-17)27-19-10-6-3-7-11-19;12-10(13,14)8-18-7(6-4-2-1-3-5-6)19-9(20-8)11(15,16)17/h2-15H,1H3;1-5H/b23-16-;. The summed E-state index contributed by atoms with van der Waals surface area (Å²) < 4.78 is -3.70. The van der Waals surface area contributed by atoms with E-state index in [0.29, 0.717) is 16.7 Å². The topological polar surface area (TPSA) is 94.4 Å². The zero-order chi connectivity index (χ0) is 34.0. The largest absolute Gasteiger partial charge is 0.365 e. The number of ketones is 1. The molecule has 1 aromatic heterocycles. The molecule has 0 saturated carbocycles. The molecule has 0 aliphatic carbocycles. The van der Waals surface area contributed by atoms with Crippen LogP contribution in [0.1, 0.15) is 39.3 Å². The second-order valence-electron chi connectivity index (χ2n) is 9.36. The lowest BCUT2D eigenvalue weighted by molar-refractivity contribution is 0.0515. The molecule has 1 heterocycles.